The quantitative estimate of drug-likeness (QED) is 0.239. The second-order valence-corrected chi connectivity index (χ2v) is 5.14. The summed E-state index contributed by atoms with van der Waals surface area (Å²) in [7, 11) is 0. The van der Waals surface area contributed by atoms with Crippen LogP contribution in [0.4, 0.5) is 0 Å². The maximum atomic E-state index is 3.42. The molecule has 45 heavy (non-hydrogen) atoms. The van der Waals surface area contributed by atoms with Gasteiger partial charge in [0.25, 0.3) is 0 Å². The summed E-state index contributed by atoms with van der Waals surface area (Å²) in [5.74, 6) is 0. The van der Waals surface area contributed by atoms with E-state index in [1.165, 1.54) is 10.8 Å². The minimum atomic E-state index is 0. The molecule has 0 nitrogen and oxygen atoms in total. The first kappa shape index (κ1) is 132. The van der Waals surface area contributed by atoms with Gasteiger partial charge in [-0.2, -0.15) is 11.6 Å². The fourth-order valence-electron chi connectivity index (χ4n) is 2.55. The molecular formula is C22H12Y23-4. The Bertz CT molecular complexity index is 965. The van der Waals surface area contributed by atoms with Crippen molar-refractivity contribution in [2.24, 2.45) is 0 Å². The summed E-state index contributed by atoms with van der Waals surface area (Å²) >= 11 is 0. The van der Waals surface area contributed by atoms with Gasteiger partial charge < -0.3 is 23.3 Å². The molecule has 0 saturated carbocycles. The molecule has 0 bridgehead atoms. The normalized spacial score (nSPS) is 5.24. The summed E-state index contributed by atoms with van der Waals surface area (Å²) < 4.78 is 0. The zero-order valence-corrected chi connectivity index (χ0v) is 90.5. The third kappa shape index (κ3) is 59.0. The molecule has 0 aliphatic heterocycles. The van der Waals surface area contributed by atoms with Crippen molar-refractivity contribution in [3.05, 3.63) is 97.1 Å². The van der Waals surface area contributed by atoms with E-state index in [1.54, 1.807) is 0 Å². The van der Waals surface area contributed by atoms with Crippen LogP contribution < -0.4 is 0 Å². The fourth-order valence-corrected chi connectivity index (χ4v) is 2.55. The zero-order chi connectivity index (χ0) is 14.8. The summed E-state index contributed by atoms with van der Waals surface area (Å²) in [5, 5.41) is 2.40. The number of benzene rings is 4. The average molecular weight is 2320 g/mol. The van der Waals surface area contributed by atoms with Gasteiger partial charge in [-0.25, -0.2) is 12.1 Å². The van der Waals surface area contributed by atoms with E-state index in [-0.39, 0.29) is 752 Å². The largest absolute Gasteiger partial charge is 0.379 e. The van der Waals surface area contributed by atoms with Gasteiger partial charge in [0, 0.05) is 752 Å². The molecule has 0 aromatic heterocycles. The first-order valence-corrected chi connectivity index (χ1v) is 7.22. The number of hydrogen-bond donors (Lipinski definition) is 0. The monoisotopic (exact) mass is 2320 g/mol. The second-order valence-electron chi connectivity index (χ2n) is 5.14. The minimum absolute atomic E-state index is 0. The van der Waals surface area contributed by atoms with Gasteiger partial charge in [-0.15, -0.1) is 41.1 Å². The van der Waals surface area contributed by atoms with E-state index in [0.717, 1.165) is 22.3 Å². The molecule has 0 aliphatic carbocycles. The summed E-state index contributed by atoms with van der Waals surface area (Å²) in [6.07, 6.45) is 0. The molecule has 4 aromatic rings. The van der Waals surface area contributed by atoms with Gasteiger partial charge in [-0.1, -0.05) is 24.3 Å². The SMILES string of the molecule is [Y].[Y].[Y].[Y].[Y].[Y].[Y].[Y].[Y].[Y].[Y].[Y].[Y].[Y].[Y].[Y].[Y].[Y].[Y].[Y].[Y].[Y].[Y].[c-]1ccc(-c2[c-]cccc2)[c-]c1-c1[c-]cc2ccccc2c1. The summed E-state index contributed by atoms with van der Waals surface area (Å²) in [6, 6.07) is 37.6. The molecule has 0 fully saturated rings. The van der Waals surface area contributed by atoms with Gasteiger partial charge in [0.05, 0.1) is 0 Å². The number of hydrogen-bond acceptors (Lipinski definition) is 0. The molecule has 0 saturated heterocycles. The van der Waals surface area contributed by atoms with Crippen LogP contribution in [0, 0.1) is 24.3 Å². The molecule has 0 heterocycles. The van der Waals surface area contributed by atoms with Crippen molar-refractivity contribution in [1.82, 2.24) is 0 Å². The molecule has 4 aromatic carbocycles. The predicted octanol–water partition coefficient (Wildman–Crippen LogP) is 5.32. The van der Waals surface area contributed by atoms with E-state index in [2.05, 4.69) is 48.5 Å². The Labute approximate surface area is 852 Å². The van der Waals surface area contributed by atoms with Crippen molar-refractivity contribution in [2.75, 3.05) is 0 Å². The van der Waals surface area contributed by atoms with Crippen LogP contribution in [0.15, 0.2) is 72.8 Å². The molecule has 0 aliphatic rings. The Morgan fingerprint density at radius 2 is 0.733 bits per heavy atom. The van der Waals surface area contributed by atoms with Crippen molar-refractivity contribution in [2.45, 2.75) is 0 Å². The van der Waals surface area contributed by atoms with Crippen LogP contribution in [-0.2, 0) is 752 Å². The topological polar surface area (TPSA) is 0 Å². The van der Waals surface area contributed by atoms with Crippen LogP contribution >= 0.6 is 0 Å². The van der Waals surface area contributed by atoms with Crippen molar-refractivity contribution in [1.29, 1.82) is 0 Å². The summed E-state index contributed by atoms with van der Waals surface area (Å²) in [4.78, 5) is 0. The fraction of sp³-hybridized carbons (Fsp3) is 0. The minimum Gasteiger partial charge on any atom is -0.379 e. The molecule has 0 atom stereocenters. The second kappa shape index (κ2) is 89.4. The number of rotatable bonds is 2. The smallest absolute Gasteiger partial charge is 0 e. The average Bonchev–Trinajstić information content (AvgIpc) is 2.62. The van der Waals surface area contributed by atoms with Crippen LogP contribution in [-0.4, -0.2) is 0 Å². The Hall–Kier alpha value is 22.5. The first-order valence-electron chi connectivity index (χ1n) is 7.22. The Morgan fingerprint density at radius 3 is 1.16 bits per heavy atom. The number of fused-ring (bicyclic) bond motifs is 1. The van der Waals surface area contributed by atoms with Crippen molar-refractivity contribution < 1.29 is 752 Å². The maximum absolute atomic E-state index is 3.42. The third-order valence-corrected chi connectivity index (χ3v) is 3.68. The first-order chi connectivity index (χ1) is 10.9. The van der Waals surface area contributed by atoms with Gasteiger partial charge in [0.1, 0.15) is 0 Å². The molecule has 4 rings (SSSR count). The molecule has 0 unspecified atom stereocenters. The van der Waals surface area contributed by atoms with E-state index in [1.807, 2.05) is 48.5 Å². The van der Waals surface area contributed by atoms with Gasteiger partial charge in [-0.05, 0) is 0 Å². The third-order valence-electron chi connectivity index (χ3n) is 3.68. The van der Waals surface area contributed by atoms with Crippen LogP contribution in [0.5, 0.6) is 0 Å². The predicted molar refractivity (Wildman–Crippen MR) is 90.2 cm³/mol. The Balaban J connectivity index is -0.0000000151. The van der Waals surface area contributed by atoms with E-state index < -0.39 is 0 Å². The maximum Gasteiger partial charge on any atom is 0 e. The summed E-state index contributed by atoms with van der Waals surface area (Å²) in [5.41, 5.74) is 4.01. The van der Waals surface area contributed by atoms with Crippen LogP contribution in [0.3, 0.4) is 0 Å². The van der Waals surface area contributed by atoms with Gasteiger partial charge in [-0.3, -0.25) is 17.7 Å². The summed E-state index contributed by atoms with van der Waals surface area (Å²) in [6.45, 7) is 0. The zero-order valence-electron chi connectivity index (χ0n) is 25.2. The molecule has 173 valence electrons. The van der Waals surface area contributed by atoms with Crippen molar-refractivity contribution >= 4 is 10.8 Å². The van der Waals surface area contributed by atoms with Crippen molar-refractivity contribution in [3.8, 4) is 22.3 Å². The molecule has 0 N–H and O–H groups in total. The molecule has 23 radical (unpaired) electrons. The van der Waals surface area contributed by atoms with Gasteiger partial charge >= 0.3 is 0 Å². The van der Waals surface area contributed by atoms with Crippen molar-refractivity contribution in [3.63, 3.8) is 0 Å². The van der Waals surface area contributed by atoms with E-state index in [9.17, 15) is 0 Å². The van der Waals surface area contributed by atoms with Crippen LogP contribution in [0.1, 0.15) is 0 Å². The molecule has 0 amide bonds. The van der Waals surface area contributed by atoms with E-state index in [0.29, 0.717) is 0 Å². The van der Waals surface area contributed by atoms with E-state index in [4.69, 9.17) is 0 Å². The van der Waals surface area contributed by atoms with Gasteiger partial charge in [0.15, 0.2) is 0 Å². The van der Waals surface area contributed by atoms with Crippen LogP contribution in [0.2, 0.25) is 0 Å². The Morgan fingerprint density at radius 1 is 0.311 bits per heavy atom. The van der Waals surface area contributed by atoms with Gasteiger partial charge in [0.2, 0.25) is 0 Å². The molecular weight excluding hydrogens is 2310 g/mol. The molecule has 23 heteroatoms. The molecule has 0 spiro atoms. The van der Waals surface area contributed by atoms with Crippen LogP contribution in [0.25, 0.3) is 33.0 Å². The standard InChI is InChI=1S/C22H12.23Y/c1-2-7-17(8-3-1)20-11-6-12-21(15-20)22-14-13-18-9-4-5-10-19(18)16-22;;;;;;;;;;;;;;;;;;;;;;;/h1-7,9-11,13,16H;;;;;;;;;;;;;;;;;;;;;;;/q-4;;;;;;;;;;;;;;;;;;;;;;;. The Kier molecular flexibility index (Phi) is 263. The van der Waals surface area contributed by atoms with E-state index >= 15 is 0 Å².